The predicted molar refractivity (Wildman–Crippen MR) is 87.1 cm³/mol. The van der Waals surface area contributed by atoms with Gasteiger partial charge in [0, 0.05) is 32.0 Å². The van der Waals surface area contributed by atoms with Crippen molar-refractivity contribution in [3.8, 4) is 0 Å². The van der Waals surface area contributed by atoms with Crippen LogP contribution >= 0.6 is 11.8 Å². The summed E-state index contributed by atoms with van der Waals surface area (Å²) in [6.45, 7) is 2.03. The Morgan fingerprint density at radius 1 is 1.18 bits per heavy atom. The van der Waals surface area contributed by atoms with Crippen molar-refractivity contribution in [3.63, 3.8) is 0 Å². The van der Waals surface area contributed by atoms with Crippen molar-refractivity contribution in [3.05, 3.63) is 23.8 Å². The van der Waals surface area contributed by atoms with Crippen LogP contribution in [-0.2, 0) is 0 Å². The van der Waals surface area contributed by atoms with Crippen LogP contribution in [-0.4, -0.2) is 58.3 Å². The highest BCUT2D eigenvalue weighted by Crippen LogP contribution is 2.13. The Kier molecular flexibility index (Phi) is 6.64. The van der Waals surface area contributed by atoms with Gasteiger partial charge in [-0.3, -0.25) is 9.59 Å². The van der Waals surface area contributed by atoms with Crippen LogP contribution in [0.5, 0.6) is 0 Å². The number of carbonyl (C=O) groups is 2. The van der Waals surface area contributed by atoms with Crippen LogP contribution in [0.2, 0.25) is 0 Å². The van der Waals surface area contributed by atoms with Crippen molar-refractivity contribution in [2.75, 3.05) is 31.6 Å². The lowest BCUT2D eigenvalue weighted by Crippen LogP contribution is -2.38. The second-order valence-corrected chi connectivity index (χ2v) is 6.19. The van der Waals surface area contributed by atoms with Gasteiger partial charge in [-0.2, -0.15) is 11.8 Å². The minimum absolute atomic E-state index is 0.127. The SMILES string of the molecule is CSCCCNC(=O)c1nccnc1C(=O)N1CCCCC1. The molecule has 1 aromatic heterocycles. The van der Waals surface area contributed by atoms with Gasteiger partial charge in [0.05, 0.1) is 0 Å². The van der Waals surface area contributed by atoms with Crippen LogP contribution in [0.1, 0.15) is 46.7 Å². The first kappa shape index (κ1) is 16.7. The smallest absolute Gasteiger partial charge is 0.274 e. The molecule has 22 heavy (non-hydrogen) atoms. The number of piperidine rings is 1. The van der Waals surface area contributed by atoms with Gasteiger partial charge in [-0.25, -0.2) is 9.97 Å². The topological polar surface area (TPSA) is 75.2 Å². The Morgan fingerprint density at radius 2 is 1.86 bits per heavy atom. The number of rotatable bonds is 6. The molecule has 0 spiro atoms. The van der Waals surface area contributed by atoms with E-state index in [4.69, 9.17) is 0 Å². The monoisotopic (exact) mass is 322 g/mol. The summed E-state index contributed by atoms with van der Waals surface area (Å²) in [5, 5.41) is 2.81. The maximum atomic E-state index is 12.5. The lowest BCUT2D eigenvalue weighted by Gasteiger charge is -2.26. The molecule has 0 aromatic carbocycles. The largest absolute Gasteiger partial charge is 0.351 e. The molecule has 6 nitrogen and oxygen atoms in total. The quantitative estimate of drug-likeness (QED) is 0.805. The Balaban J connectivity index is 2.05. The summed E-state index contributed by atoms with van der Waals surface area (Å²) in [5.74, 6) is 0.469. The van der Waals surface area contributed by atoms with Gasteiger partial charge in [0.15, 0.2) is 11.4 Å². The van der Waals surface area contributed by atoms with Crippen molar-refractivity contribution in [1.82, 2.24) is 20.2 Å². The summed E-state index contributed by atoms with van der Waals surface area (Å²) in [7, 11) is 0. The Morgan fingerprint density at radius 3 is 2.55 bits per heavy atom. The van der Waals surface area contributed by atoms with E-state index < -0.39 is 0 Å². The third-order valence-corrected chi connectivity index (χ3v) is 4.27. The number of carbonyl (C=O) groups excluding carboxylic acids is 2. The molecule has 2 heterocycles. The zero-order valence-corrected chi connectivity index (χ0v) is 13.7. The molecular weight excluding hydrogens is 300 g/mol. The number of thioether (sulfide) groups is 1. The third-order valence-electron chi connectivity index (χ3n) is 3.57. The van der Waals surface area contributed by atoms with Crippen LogP contribution in [0.3, 0.4) is 0 Å². The van der Waals surface area contributed by atoms with Crippen LogP contribution in [0.4, 0.5) is 0 Å². The second-order valence-electron chi connectivity index (χ2n) is 5.21. The van der Waals surface area contributed by atoms with Crippen molar-refractivity contribution < 1.29 is 9.59 Å². The minimum atomic E-state index is -0.324. The first-order chi connectivity index (χ1) is 10.7. The van der Waals surface area contributed by atoms with Gasteiger partial charge in [0.2, 0.25) is 0 Å². The molecule has 0 saturated carbocycles. The van der Waals surface area contributed by atoms with Gasteiger partial charge in [-0.15, -0.1) is 0 Å². The van der Waals surface area contributed by atoms with E-state index in [-0.39, 0.29) is 23.2 Å². The van der Waals surface area contributed by atoms with Gasteiger partial charge in [-0.05, 0) is 37.7 Å². The van der Waals surface area contributed by atoms with Crippen LogP contribution in [0.15, 0.2) is 12.4 Å². The molecule has 0 radical (unpaired) electrons. The van der Waals surface area contributed by atoms with Crippen molar-refractivity contribution in [1.29, 1.82) is 0 Å². The van der Waals surface area contributed by atoms with E-state index in [1.807, 2.05) is 6.26 Å². The maximum Gasteiger partial charge on any atom is 0.274 e. The molecule has 1 aliphatic heterocycles. The second kappa shape index (κ2) is 8.73. The molecule has 120 valence electrons. The molecule has 0 unspecified atom stereocenters. The van der Waals surface area contributed by atoms with Gasteiger partial charge in [-0.1, -0.05) is 0 Å². The molecular formula is C15H22N4O2S. The molecule has 0 bridgehead atoms. The molecule has 2 rings (SSSR count). The fourth-order valence-corrected chi connectivity index (χ4v) is 2.84. The highest BCUT2D eigenvalue weighted by molar-refractivity contribution is 7.98. The first-order valence-electron chi connectivity index (χ1n) is 7.61. The number of likely N-dealkylation sites (tertiary alicyclic amines) is 1. The van der Waals surface area contributed by atoms with E-state index in [1.165, 1.54) is 12.4 Å². The van der Waals surface area contributed by atoms with E-state index >= 15 is 0 Å². The summed E-state index contributed by atoms with van der Waals surface area (Å²) >= 11 is 1.74. The first-order valence-corrected chi connectivity index (χ1v) is 9.01. The number of nitrogens with one attached hydrogen (secondary N) is 1. The number of amides is 2. The molecule has 1 fully saturated rings. The minimum Gasteiger partial charge on any atom is -0.351 e. The van der Waals surface area contributed by atoms with E-state index in [1.54, 1.807) is 16.7 Å². The Bertz CT molecular complexity index is 518. The van der Waals surface area contributed by atoms with Crippen LogP contribution in [0, 0.1) is 0 Å². The molecule has 1 aromatic rings. The van der Waals surface area contributed by atoms with E-state index in [9.17, 15) is 9.59 Å². The highest BCUT2D eigenvalue weighted by Gasteiger charge is 2.25. The van der Waals surface area contributed by atoms with Crippen LogP contribution < -0.4 is 5.32 Å². The summed E-state index contributed by atoms with van der Waals surface area (Å²) in [6, 6.07) is 0. The fourth-order valence-electron chi connectivity index (χ4n) is 2.41. The number of aromatic nitrogens is 2. The average Bonchev–Trinajstić information content (AvgIpc) is 2.58. The zero-order valence-electron chi connectivity index (χ0n) is 12.9. The van der Waals surface area contributed by atoms with Crippen molar-refractivity contribution in [2.45, 2.75) is 25.7 Å². The van der Waals surface area contributed by atoms with Crippen molar-refractivity contribution >= 4 is 23.6 Å². The molecule has 1 N–H and O–H groups in total. The van der Waals surface area contributed by atoms with Gasteiger partial charge >= 0.3 is 0 Å². The van der Waals surface area contributed by atoms with Crippen molar-refractivity contribution in [2.24, 2.45) is 0 Å². The molecule has 2 amide bonds. The van der Waals surface area contributed by atoms with Crippen LogP contribution in [0.25, 0.3) is 0 Å². The normalized spacial score (nSPS) is 14.7. The lowest BCUT2D eigenvalue weighted by atomic mass is 10.1. The summed E-state index contributed by atoms with van der Waals surface area (Å²) < 4.78 is 0. The standard InChI is InChI=1S/C15H22N4O2S/c1-22-11-5-6-18-14(20)12-13(17-8-7-16-12)15(21)19-9-3-2-4-10-19/h7-8H,2-6,9-11H2,1H3,(H,18,20). The maximum absolute atomic E-state index is 12.5. The number of hydrogen-bond donors (Lipinski definition) is 1. The Labute approximate surface area is 135 Å². The molecule has 0 aliphatic carbocycles. The zero-order chi connectivity index (χ0) is 15.8. The predicted octanol–water partition coefficient (Wildman–Crippen LogP) is 1.59. The third kappa shape index (κ3) is 4.43. The summed E-state index contributed by atoms with van der Waals surface area (Å²) in [4.78, 5) is 34.7. The lowest BCUT2D eigenvalue weighted by molar-refractivity contribution is 0.0711. The summed E-state index contributed by atoms with van der Waals surface area (Å²) in [6.07, 6.45) is 8.98. The van der Waals surface area contributed by atoms with Gasteiger partial charge in [0.25, 0.3) is 11.8 Å². The van der Waals surface area contributed by atoms with Gasteiger partial charge in [0.1, 0.15) is 0 Å². The van der Waals surface area contributed by atoms with E-state index in [0.29, 0.717) is 6.54 Å². The van der Waals surface area contributed by atoms with E-state index in [2.05, 4.69) is 15.3 Å². The summed E-state index contributed by atoms with van der Waals surface area (Å²) in [5.41, 5.74) is 0.286. The molecule has 0 atom stereocenters. The Hall–Kier alpha value is -1.63. The molecule has 1 saturated heterocycles. The van der Waals surface area contributed by atoms with Gasteiger partial charge < -0.3 is 10.2 Å². The van der Waals surface area contributed by atoms with E-state index in [0.717, 1.165) is 44.5 Å². The number of hydrogen-bond acceptors (Lipinski definition) is 5. The fraction of sp³-hybridized carbons (Fsp3) is 0.600. The number of nitrogens with zero attached hydrogens (tertiary/aromatic N) is 3. The molecule has 7 heteroatoms. The molecule has 1 aliphatic rings. The average molecular weight is 322 g/mol. The highest BCUT2D eigenvalue weighted by atomic mass is 32.2.